The predicted molar refractivity (Wildman–Crippen MR) is 110 cm³/mol. The van der Waals surface area contributed by atoms with Gasteiger partial charge in [0.1, 0.15) is 17.5 Å². The van der Waals surface area contributed by atoms with Gasteiger partial charge in [-0.3, -0.25) is 0 Å². The van der Waals surface area contributed by atoms with Gasteiger partial charge >= 0.3 is 0 Å². The molecule has 0 radical (unpaired) electrons. The quantitative estimate of drug-likeness (QED) is 0.651. The van der Waals surface area contributed by atoms with E-state index in [4.69, 9.17) is 10.5 Å². The Labute approximate surface area is 171 Å². The predicted octanol–water partition coefficient (Wildman–Crippen LogP) is 1.20. The van der Waals surface area contributed by atoms with E-state index in [2.05, 4.69) is 15.9 Å². The van der Waals surface area contributed by atoms with Crippen LogP contribution in [0.25, 0.3) is 5.69 Å². The maximum absolute atomic E-state index is 12.5. The lowest BCUT2D eigenvalue weighted by Gasteiger charge is -2.34. The molecule has 2 heterocycles. The number of nitrogen functional groups attached to an aromatic ring is 1. The number of nitrogens with two attached hydrogens (primary N) is 1. The van der Waals surface area contributed by atoms with E-state index in [9.17, 15) is 13.7 Å². The van der Waals surface area contributed by atoms with Crippen LogP contribution >= 0.6 is 0 Å². The third-order valence-electron chi connectivity index (χ3n) is 4.71. The molecule has 1 aliphatic heterocycles. The number of hydrogen-bond donors (Lipinski definition) is 2. The molecule has 0 amide bonds. The van der Waals surface area contributed by atoms with Crippen molar-refractivity contribution >= 4 is 16.0 Å². The number of aromatic nitrogens is 2. The van der Waals surface area contributed by atoms with Crippen LogP contribution in [0, 0.1) is 11.3 Å². The first-order valence-corrected chi connectivity index (χ1v) is 11.0. The molecule has 0 saturated carbocycles. The SMILES string of the molecule is C[C@H]1CN(S(=O)(=O)NCCCc2nn(-c3ccccc3)c(N)c2C#N)C[C@H](C)O1. The standard InChI is InChI=1S/C19H26N6O3S/c1-14-12-24(13-15(2)28-14)29(26,27)22-10-6-9-18-17(11-20)19(21)25(23-18)16-7-4-3-5-8-16/h3-5,7-8,14-15,22H,6,9-10,12-13,21H2,1-2H3/t14-,15-/m0/s1. The van der Waals surface area contributed by atoms with Crippen molar-refractivity contribution in [1.82, 2.24) is 18.8 Å². The van der Waals surface area contributed by atoms with E-state index in [-0.39, 0.29) is 24.6 Å². The highest BCUT2D eigenvalue weighted by molar-refractivity contribution is 7.87. The van der Waals surface area contributed by atoms with Gasteiger partial charge in [0.05, 0.1) is 23.6 Å². The van der Waals surface area contributed by atoms with Gasteiger partial charge in [-0.05, 0) is 38.8 Å². The molecule has 156 valence electrons. The topological polar surface area (TPSA) is 126 Å². The first-order valence-electron chi connectivity index (χ1n) is 9.55. The molecule has 9 nitrogen and oxygen atoms in total. The van der Waals surface area contributed by atoms with Gasteiger partial charge < -0.3 is 10.5 Å². The summed E-state index contributed by atoms with van der Waals surface area (Å²) < 4.78 is 36.2. The Morgan fingerprint density at radius 1 is 1.28 bits per heavy atom. The summed E-state index contributed by atoms with van der Waals surface area (Å²) in [4.78, 5) is 0. The number of benzene rings is 1. The van der Waals surface area contributed by atoms with Gasteiger partial charge in [0.15, 0.2) is 0 Å². The van der Waals surface area contributed by atoms with Gasteiger partial charge in [0.25, 0.3) is 10.2 Å². The summed E-state index contributed by atoms with van der Waals surface area (Å²) in [7, 11) is -3.58. The fourth-order valence-electron chi connectivity index (χ4n) is 3.42. The van der Waals surface area contributed by atoms with Crippen molar-refractivity contribution in [1.29, 1.82) is 5.26 Å². The third kappa shape index (κ3) is 4.94. The van der Waals surface area contributed by atoms with Crippen LogP contribution in [-0.2, 0) is 21.4 Å². The Morgan fingerprint density at radius 2 is 1.93 bits per heavy atom. The second-order valence-electron chi connectivity index (χ2n) is 7.14. The average Bonchev–Trinajstić information content (AvgIpc) is 3.00. The number of ether oxygens (including phenoxy) is 1. The molecule has 2 atom stereocenters. The van der Waals surface area contributed by atoms with E-state index in [1.165, 1.54) is 8.99 Å². The Morgan fingerprint density at radius 3 is 2.55 bits per heavy atom. The van der Waals surface area contributed by atoms with Crippen LogP contribution in [0.4, 0.5) is 5.82 Å². The molecule has 3 N–H and O–H groups in total. The highest BCUT2D eigenvalue weighted by Gasteiger charge is 2.30. The number of nitrogens with one attached hydrogen (secondary N) is 1. The van der Waals surface area contributed by atoms with Gasteiger partial charge in [0.2, 0.25) is 0 Å². The summed E-state index contributed by atoms with van der Waals surface area (Å²) in [5, 5.41) is 13.9. The zero-order valence-electron chi connectivity index (χ0n) is 16.6. The lowest BCUT2D eigenvalue weighted by Crippen LogP contribution is -2.52. The highest BCUT2D eigenvalue weighted by atomic mass is 32.2. The number of para-hydroxylation sites is 1. The molecular formula is C19H26N6O3S. The molecule has 3 rings (SSSR count). The lowest BCUT2D eigenvalue weighted by molar-refractivity contribution is -0.0443. The average molecular weight is 419 g/mol. The van der Waals surface area contributed by atoms with Gasteiger partial charge in [-0.15, -0.1) is 0 Å². The monoisotopic (exact) mass is 418 g/mol. The minimum Gasteiger partial charge on any atom is -0.382 e. The number of anilines is 1. The van der Waals surface area contributed by atoms with Crippen LogP contribution in [0.5, 0.6) is 0 Å². The number of hydrogen-bond acceptors (Lipinski definition) is 6. The molecule has 2 aromatic rings. The molecule has 0 unspecified atom stereocenters. The van der Waals surface area contributed by atoms with E-state index in [0.717, 1.165) is 5.69 Å². The second-order valence-corrected chi connectivity index (χ2v) is 8.90. The zero-order valence-corrected chi connectivity index (χ0v) is 17.4. The van der Waals surface area contributed by atoms with Crippen molar-refractivity contribution < 1.29 is 13.2 Å². The summed E-state index contributed by atoms with van der Waals surface area (Å²) in [6, 6.07) is 11.4. The molecule has 1 fully saturated rings. The van der Waals surface area contributed by atoms with Crippen molar-refractivity contribution in [3.63, 3.8) is 0 Å². The van der Waals surface area contributed by atoms with Crippen molar-refractivity contribution in [3.05, 3.63) is 41.6 Å². The van der Waals surface area contributed by atoms with E-state index in [0.29, 0.717) is 37.2 Å². The fourth-order valence-corrected chi connectivity index (χ4v) is 4.81. The number of nitriles is 1. The lowest BCUT2D eigenvalue weighted by atomic mass is 10.1. The number of rotatable bonds is 7. The Kier molecular flexibility index (Phi) is 6.54. The second kappa shape index (κ2) is 8.92. The Hall–Kier alpha value is -2.45. The minimum absolute atomic E-state index is 0.140. The third-order valence-corrected chi connectivity index (χ3v) is 6.25. The van der Waals surface area contributed by atoms with Crippen molar-refractivity contribution in [2.24, 2.45) is 0 Å². The molecule has 29 heavy (non-hydrogen) atoms. The van der Waals surface area contributed by atoms with Crippen LogP contribution in [0.1, 0.15) is 31.5 Å². The van der Waals surface area contributed by atoms with E-state index >= 15 is 0 Å². The smallest absolute Gasteiger partial charge is 0.279 e. The summed E-state index contributed by atoms with van der Waals surface area (Å²) in [6.45, 7) is 4.61. The van der Waals surface area contributed by atoms with Crippen molar-refractivity contribution in [2.45, 2.75) is 38.9 Å². The molecule has 0 bridgehead atoms. The van der Waals surface area contributed by atoms with Gasteiger partial charge in [-0.2, -0.15) is 23.1 Å². The molecule has 0 aliphatic carbocycles. The van der Waals surface area contributed by atoms with Gasteiger partial charge in [-0.25, -0.2) is 9.40 Å². The summed E-state index contributed by atoms with van der Waals surface area (Å²) in [6.07, 6.45) is 0.650. The van der Waals surface area contributed by atoms with Crippen LogP contribution in [-0.4, -0.2) is 54.3 Å². The molecular weight excluding hydrogens is 392 g/mol. The molecule has 1 aromatic carbocycles. The molecule has 1 saturated heterocycles. The first kappa shape index (κ1) is 21.3. The normalized spacial score (nSPS) is 20.4. The zero-order chi connectivity index (χ0) is 21.0. The molecule has 10 heteroatoms. The van der Waals surface area contributed by atoms with Crippen LogP contribution in [0.2, 0.25) is 0 Å². The maximum atomic E-state index is 12.5. The minimum atomic E-state index is -3.58. The number of morpholine rings is 1. The molecule has 0 spiro atoms. The largest absolute Gasteiger partial charge is 0.382 e. The van der Waals surface area contributed by atoms with Gasteiger partial charge in [-0.1, -0.05) is 18.2 Å². The summed E-state index contributed by atoms with van der Waals surface area (Å²) >= 11 is 0. The molecule has 1 aliphatic rings. The molecule has 1 aromatic heterocycles. The van der Waals surface area contributed by atoms with Crippen LogP contribution in [0.15, 0.2) is 30.3 Å². The van der Waals surface area contributed by atoms with Crippen LogP contribution < -0.4 is 10.5 Å². The van der Waals surface area contributed by atoms with Gasteiger partial charge in [0, 0.05) is 19.6 Å². The summed E-state index contributed by atoms with van der Waals surface area (Å²) in [5.41, 5.74) is 7.74. The van der Waals surface area contributed by atoms with E-state index in [1.807, 2.05) is 44.2 Å². The van der Waals surface area contributed by atoms with E-state index in [1.54, 1.807) is 0 Å². The maximum Gasteiger partial charge on any atom is 0.279 e. The summed E-state index contributed by atoms with van der Waals surface area (Å²) in [5.74, 6) is 0.283. The van der Waals surface area contributed by atoms with E-state index < -0.39 is 10.2 Å². The number of nitrogens with zero attached hydrogens (tertiary/aromatic N) is 4. The van der Waals surface area contributed by atoms with Crippen LogP contribution in [0.3, 0.4) is 0 Å². The number of aryl methyl sites for hydroxylation is 1. The van der Waals surface area contributed by atoms with Crippen molar-refractivity contribution in [3.8, 4) is 11.8 Å². The Balaban J connectivity index is 1.61. The highest BCUT2D eigenvalue weighted by Crippen LogP contribution is 2.21. The Bertz CT molecular complexity index is 973. The first-order chi connectivity index (χ1) is 13.8. The van der Waals surface area contributed by atoms with Crippen molar-refractivity contribution in [2.75, 3.05) is 25.4 Å². The fraction of sp³-hybridized carbons (Fsp3) is 0.474.